The monoisotopic (exact) mass is 428 g/mol. The topological polar surface area (TPSA) is 112 Å². The van der Waals surface area contributed by atoms with Crippen molar-refractivity contribution in [3.05, 3.63) is 65.7 Å². The molecule has 31 heavy (non-hydrogen) atoms. The average molecular weight is 428 g/mol. The van der Waals surface area contributed by atoms with Crippen molar-refractivity contribution in [2.75, 3.05) is 27.4 Å². The largest absolute Gasteiger partial charge is 0.508 e. The van der Waals surface area contributed by atoms with Crippen molar-refractivity contribution in [3.8, 4) is 17.2 Å². The minimum absolute atomic E-state index is 0.113. The molecule has 0 aliphatic carbocycles. The van der Waals surface area contributed by atoms with Gasteiger partial charge in [-0.05, 0) is 47.5 Å². The van der Waals surface area contributed by atoms with E-state index >= 15 is 0 Å². The molecule has 0 fully saturated rings. The number of aliphatic hydroxyl groups excluding tert-OH is 1. The molecule has 0 saturated heterocycles. The van der Waals surface area contributed by atoms with E-state index in [-0.39, 0.29) is 12.4 Å². The van der Waals surface area contributed by atoms with Crippen LogP contribution in [0.15, 0.2) is 54.6 Å². The average Bonchev–Trinajstić information content (AvgIpc) is 2.79. The maximum atomic E-state index is 11.9. The molecule has 0 spiro atoms. The molecular formula is C23H24O8. The molecule has 8 nitrogen and oxygen atoms in total. The first-order valence-electron chi connectivity index (χ1n) is 9.30. The highest BCUT2D eigenvalue weighted by atomic mass is 16.6. The van der Waals surface area contributed by atoms with Gasteiger partial charge in [-0.25, -0.2) is 9.59 Å². The van der Waals surface area contributed by atoms with Crippen LogP contribution in [0.1, 0.15) is 11.1 Å². The fourth-order valence-corrected chi connectivity index (χ4v) is 2.42. The summed E-state index contributed by atoms with van der Waals surface area (Å²) >= 11 is 0. The highest BCUT2D eigenvalue weighted by Crippen LogP contribution is 2.27. The zero-order valence-corrected chi connectivity index (χ0v) is 17.2. The molecule has 8 heteroatoms. The maximum absolute atomic E-state index is 11.9. The molecule has 1 unspecified atom stereocenters. The summed E-state index contributed by atoms with van der Waals surface area (Å²) < 4.78 is 20.4. The van der Waals surface area contributed by atoms with Crippen LogP contribution in [0.2, 0.25) is 0 Å². The molecule has 0 radical (unpaired) electrons. The zero-order valence-electron chi connectivity index (χ0n) is 17.2. The molecule has 0 aliphatic rings. The van der Waals surface area contributed by atoms with Gasteiger partial charge in [0, 0.05) is 12.2 Å². The smallest absolute Gasteiger partial charge is 0.331 e. The van der Waals surface area contributed by atoms with E-state index in [1.165, 1.54) is 50.7 Å². The Labute approximate surface area is 179 Å². The maximum Gasteiger partial charge on any atom is 0.331 e. The molecule has 2 aromatic carbocycles. The first-order chi connectivity index (χ1) is 14.9. The fourth-order valence-electron chi connectivity index (χ4n) is 2.42. The number of benzene rings is 2. The van der Waals surface area contributed by atoms with Gasteiger partial charge < -0.3 is 29.2 Å². The van der Waals surface area contributed by atoms with Gasteiger partial charge in [0.1, 0.15) is 12.4 Å². The van der Waals surface area contributed by atoms with E-state index < -0.39 is 24.6 Å². The van der Waals surface area contributed by atoms with E-state index in [1.807, 2.05) is 0 Å². The second kappa shape index (κ2) is 12.0. The van der Waals surface area contributed by atoms with Crippen molar-refractivity contribution in [2.45, 2.75) is 6.10 Å². The molecule has 2 rings (SSSR count). The molecule has 0 aliphatic heterocycles. The molecule has 164 valence electrons. The molecule has 0 amide bonds. The molecule has 0 aromatic heterocycles. The van der Waals surface area contributed by atoms with E-state index in [1.54, 1.807) is 30.3 Å². The van der Waals surface area contributed by atoms with Crippen molar-refractivity contribution in [3.63, 3.8) is 0 Å². The molecule has 2 aromatic rings. The summed E-state index contributed by atoms with van der Waals surface area (Å²) in [6, 6.07) is 11.3. The lowest BCUT2D eigenvalue weighted by molar-refractivity contribution is -0.154. The number of ether oxygens (including phenoxy) is 4. The Balaban J connectivity index is 1.84. The van der Waals surface area contributed by atoms with E-state index in [4.69, 9.17) is 18.9 Å². The summed E-state index contributed by atoms with van der Waals surface area (Å²) in [4.78, 5) is 23.8. The Hall–Kier alpha value is -3.78. The molecule has 0 heterocycles. The number of hydrogen-bond acceptors (Lipinski definition) is 8. The third-order valence-corrected chi connectivity index (χ3v) is 4.02. The Kier molecular flexibility index (Phi) is 9.13. The van der Waals surface area contributed by atoms with Crippen LogP contribution in [-0.4, -0.2) is 55.7 Å². The van der Waals surface area contributed by atoms with Crippen molar-refractivity contribution in [1.29, 1.82) is 0 Å². The highest BCUT2D eigenvalue weighted by Gasteiger charge is 2.14. The number of phenolic OH excluding ortho intramolecular Hbond substituents is 1. The Morgan fingerprint density at radius 2 is 1.52 bits per heavy atom. The van der Waals surface area contributed by atoms with Crippen molar-refractivity contribution in [1.82, 2.24) is 0 Å². The number of aliphatic hydroxyl groups is 1. The predicted octanol–water partition coefficient (Wildman–Crippen LogP) is 2.58. The normalized spacial score (nSPS) is 12.0. The Morgan fingerprint density at radius 1 is 0.903 bits per heavy atom. The van der Waals surface area contributed by atoms with Gasteiger partial charge in [-0.1, -0.05) is 18.2 Å². The van der Waals surface area contributed by atoms with Crippen LogP contribution in [-0.2, 0) is 19.1 Å². The molecule has 0 bridgehead atoms. The van der Waals surface area contributed by atoms with Crippen LogP contribution in [0.4, 0.5) is 0 Å². The summed E-state index contributed by atoms with van der Waals surface area (Å²) in [5, 5.41) is 18.6. The van der Waals surface area contributed by atoms with Crippen LogP contribution >= 0.6 is 0 Å². The fraction of sp³-hybridized carbons (Fsp3) is 0.217. The third-order valence-electron chi connectivity index (χ3n) is 4.02. The van der Waals surface area contributed by atoms with Crippen LogP contribution in [0, 0.1) is 0 Å². The lowest BCUT2D eigenvalue weighted by atomic mass is 10.2. The van der Waals surface area contributed by atoms with Crippen molar-refractivity contribution < 1.29 is 38.7 Å². The van der Waals surface area contributed by atoms with Crippen LogP contribution < -0.4 is 9.47 Å². The lowest BCUT2D eigenvalue weighted by Gasteiger charge is -2.13. The second-order valence-corrected chi connectivity index (χ2v) is 6.24. The zero-order chi connectivity index (χ0) is 22.6. The van der Waals surface area contributed by atoms with Gasteiger partial charge in [-0.2, -0.15) is 0 Å². The van der Waals surface area contributed by atoms with Gasteiger partial charge in [0.05, 0.1) is 20.8 Å². The number of esters is 2. The second-order valence-electron chi connectivity index (χ2n) is 6.24. The molecule has 1 atom stereocenters. The van der Waals surface area contributed by atoms with E-state index in [0.29, 0.717) is 22.6 Å². The van der Waals surface area contributed by atoms with Crippen LogP contribution in [0.3, 0.4) is 0 Å². The summed E-state index contributed by atoms with van der Waals surface area (Å²) in [6.07, 6.45) is 4.41. The third kappa shape index (κ3) is 7.87. The van der Waals surface area contributed by atoms with E-state index in [2.05, 4.69) is 0 Å². The van der Waals surface area contributed by atoms with Crippen molar-refractivity contribution >= 4 is 24.1 Å². The van der Waals surface area contributed by atoms with Gasteiger partial charge in [0.2, 0.25) is 0 Å². The molecule has 2 N–H and O–H groups in total. The number of phenols is 1. The van der Waals surface area contributed by atoms with Gasteiger partial charge >= 0.3 is 11.9 Å². The Bertz CT molecular complexity index is 931. The summed E-state index contributed by atoms with van der Waals surface area (Å²) in [7, 11) is 3.04. The number of carbonyl (C=O) groups is 2. The number of hydrogen-bond donors (Lipinski definition) is 2. The first-order valence-corrected chi connectivity index (χ1v) is 9.30. The number of rotatable bonds is 10. The minimum atomic E-state index is -1.00. The molecular weight excluding hydrogens is 404 g/mol. The van der Waals surface area contributed by atoms with Crippen LogP contribution in [0.5, 0.6) is 17.2 Å². The van der Waals surface area contributed by atoms with E-state index in [9.17, 15) is 19.8 Å². The van der Waals surface area contributed by atoms with E-state index in [0.717, 1.165) is 0 Å². The number of methoxy groups -OCH3 is 2. The van der Waals surface area contributed by atoms with Crippen LogP contribution in [0.25, 0.3) is 12.2 Å². The lowest BCUT2D eigenvalue weighted by Crippen LogP contribution is -2.27. The van der Waals surface area contributed by atoms with Gasteiger partial charge in [-0.15, -0.1) is 0 Å². The summed E-state index contributed by atoms with van der Waals surface area (Å²) in [6.45, 7) is -0.810. The highest BCUT2D eigenvalue weighted by molar-refractivity contribution is 5.88. The van der Waals surface area contributed by atoms with Crippen molar-refractivity contribution in [2.24, 2.45) is 0 Å². The van der Waals surface area contributed by atoms with Gasteiger partial charge in [0.25, 0.3) is 0 Å². The summed E-state index contributed by atoms with van der Waals surface area (Å²) in [5.74, 6) is -0.171. The predicted molar refractivity (Wildman–Crippen MR) is 114 cm³/mol. The summed E-state index contributed by atoms with van der Waals surface area (Å²) in [5.41, 5.74) is 1.38. The number of aromatic hydroxyl groups is 1. The quantitative estimate of drug-likeness (QED) is 0.439. The number of carbonyl (C=O) groups excluding carboxylic acids is 2. The first kappa shape index (κ1) is 23.5. The Morgan fingerprint density at radius 3 is 2.16 bits per heavy atom. The van der Waals surface area contributed by atoms with Gasteiger partial charge in [-0.3, -0.25) is 0 Å². The minimum Gasteiger partial charge on any atom is -0.508 e. The SMILES string of the molecule is COc1ccc(/C=C/C(=O)OCC(CO)OC(=O)/C=C/c2ccc(O)cc2)cc1OC. The molecule has 0 saturated carbocycles. The van der Waals surface area contributed by atoms with Gasteiger partial charge in [0.15, 0.2) is 17.6 Å². The standard InChI is InChI=1S/C23H24O8/c1-28-20-10-5-17(13-21(20)29-2)7-11-22(26)30-15-19(14-24)31-23(27)12-6-16-3-8-18(25)9-4-16/h3-13,19,24-25H,14-15H2,1-2H3/b11-7+,12-6+.